The summed E-state index contributed by atoms with van der Waals surface area (Å²) in [6.45, 7) is 9.14. The highest BCUT2D eigenvalue weighted by Gasteiger charge is 2.29. The molecule has 0 spiro atoms. The summed E-state index contributed by atoms with van der Waals surface area (Å²) in [5.41, 5.74) is 1.43. The van der Waals surface area contributed by atoms with Gasteiger partial charge in [-0.1, -0.05) is 50.6 Å². The number of hydrogen-bond donors (Lipinski definition) is 0. The van der Waals surface area contributed by atoms with Gasteiger partial charge in [-0.25, -0.2) is 0 Å². The third kappa shape index (κ3) is 5.08. The van der Waals surface area contributed by atoms with E-state index in [1.807, 2.05) is 27.7 Å². The van der Waals surface area contributed by atoms with Gasteiger partial charge in [0, 0.05) is 12.3 Å². The molecule has 26 heavy (non-hydrogen) atoms. The van der Waals surface area contributed by atoms with Gasteiger partial charge in [0.1, 0.15) is 16.7 Å². The number of benzene rings is 2. The topological polar surface area (TPSA) is 69.7 Å². The second-order valence-corrected chi connectivity index (χ2v) is 8.82. The maximum atomic E-state index is 12.3. The number of esters is 1. The van der Waals surface area contributed by atoms with Crippen LogP contribution < -0.4 is 4.18 Å². The molecule has 0 fully saturated rings. The lowest BCUT2D eigenvalue weighted by Gasteiger charge is -2.30. The molecule has 140 valence electrons. The van der Waals surface area contributed by atoms with Crippen LogP contribution in [0.4, 0.5) is 0 Å². The Labute approximate surface area is 155 Å². The van der Waals surface area contributed by atoms with Crippen LogP contribution in [0.5, 0.6) is 5.75 Å². The summed E-state index contributed by atoms with van der Waals surface area (Å²) in [6.07, 6.45) is -0.442. The van der Waals surface area contributed by atoms with E-state index in [1.165, 1.54) is 19.1 Å². The van der Waals surface area contributed by atoms with Crippen LogP contribution in [-0.2, 0) is 19.6 Å². The second-order valence-electron chi connectivity index (χ2n) is 7.28. The van der Waals surface area contributed by atoms with Gasteiger partial charge in [-0.05, 0) is 36.8 Å². The Balaban J connectivity index is 2.23. The molecule has 0 radical (unpaired) electrons. The summed E-state index contributed by atoms with van der Waals surface area (Å²) in [5.74, 6) is -0.169. The van der Waals surface area contributed by atoms with Gasteiger partial charge in [0.25, 0.3) is 0 Å². The van der Waals surface area contributed by atoms with E-state index in [1.54, 1.807) is 36.4 Å². The van der Waals surface area contributed by atoms with Crippen molar-refractivity contribution in [3.8, 4) is 5.75 Å². The number of carbonyl (C=O) groups excluding carboxylic acids is 1. The summed E-state index contributed by atoms with van der Waals surface area (Å²) in [5, 5.41) is 0. The summed E-state index contributed by atoms with van der Waals surface area (Å²) in [4.78, 5) is 11.5. The SMILES string of the molecule is CC(=O)OC(c1ccc(OS(=O)(=O)c2ccc(C)cc2)cc1)C(C)(C)C. The van der Waals surface area contributed by atoms with E-state index in [-0.39, 0.29) is 22.0 Å². The van der Waals surface area contributed by atoms with Gasteiger partial charge in [-0.3, -0.25) is 4.79 Å². The van der Waals surface area contributed by atoms with Crippen molar-refractivity contribution in [3.05, 3.63) is 59.7 Å². The minimum atomic E-state index is -3.90. The predicted molar refractivity (Wildman–Crippen MR) is 99.4 cm³/mol. The third-order valence-corrected chi connectivity index (χ3v) is 5.03. The standard InChI is InChI=1S/C20H24O5S/c1-14-6-12-18(13-7-14)26(22,23)25-17-10-8-16(9-11-17)19(20(3,4)5)24-15(2)21/h6-13,19H,1-5H3. The van der Waals surface area contributed by atoms with Crippen molar-refractivity contribution in [2.24, 2.45) is 5.41 Å². The molecule has 1 atom stereocenters. The zero-order valence-electron chi connectivity index (χ0n) is 15.6. The van der Waals surface area contributed by atoms with Crippen LogP contribution in [0.2, 0.25) is 0 Å². The van der Waals surface area contributed by atoms with Crippen molar-refractivity contribution >= 4 is 16.1 Å². The highest BCUT2D eigenvalue weighted by Crippen LogP contribution is 2.37. The normalized spacial score (nSPS) is 13.1. The predicted octanol–water partition coefficient (Wildman–Crippen LogP) is 4.41. The fourth-order valence-electron chi connectivity index (χ4n) is 2.49. The van der Waals surface area contributed by atoms with E-state index in [4.69, 9.17) is 8.92 Å². The summed E-state index contributed by atoms with van der Waals surface area (Å²) < 4.78 is 35.3. The fraction of sp³-hybridized carbons (Fsp3) is 0.350. The molecule has 0 bridgehead atoms. The molecule has 0 aliphatic carbocycles. The zero-order chi connectivity index (χ0) is 19.5. The van der Waals surface area contributed by atoms with Gasteiger partial charge < -0.3 is 8.92 Å². The molecule has 0 aromatic heterocycles. The first-order valence-corrected chi connectivity index (χ1v) is 9.68. The molecule has 0 saturated heterocycles. The minimum absolute atomic E-state index is 0.0969. The van der Waals surface area contributed by atoms with Crippen molar-refractivity contribution in [2.45, 2.75) is 45.6 Å². The van der Waals surface area contributed by atoms with E-state index >= 15 is 0 Å². The molecule has 2 rings (SSSR count). The van der Waals surface area contributed by atoms with Crippen LogP contribution in [0.1, 0.15) is 44.9 Å². The second kappa shape index (κ2) is 7.50. The number of ether oxygens (including phenoxy) is 1. The lowest BCUT2D eigenvalue weighted by Crippen LogP contribution is -2.23. The summed E-state index contributed by atoms with van der Waals surface area (Å²) >= 11 is 0. The van der Waals surface area contributed by atoms with Gasteiger partial charge in [0.15, 0.2) is 0 Å². The quantitative estimate of drug-likeness (QED) is 0.571. The van der Waals surface area contributed by atoms with Gasteiger partial charge in [-0.2, -0.15) is 8.42 Å². The molecule has 1 unspecified atom stereocenters. The van der Waals surface area contributed by atoms with Crippen LogP contribution in [0.25, 0.3) is 0 Å². The Kier molecular flexibility index (Phi) is 5.76. The average Bonchev–Trinajstić information content (AvgIpc) is 2.52. The summed E-state index contributed by atoms with van der Waals surface area (Å²) in [6, 6.07) is 13.0. The smallest absolute Gasteiger partial charge is 0.339 e. The Morgan fingerprint density at radius 1 is 0.962 bits per heavy atom. The molecule has 0 aliphatic rings. The van der Waals surface area contributed by atoms with Crippen LogP contribution in [0.3, 0.4) is 0 Å². The van der Waals surface area contributed by atoms with Crippen molar-refractivity contribution in [1.29, 1.82) is 0 Å². The molecule has 5 nitrogen and oxygen atoms in total. The highest BCUT2D eigenvalue weighted by atomic mass is 32.2. The number of rotatable bonds is 5. The first-order valence-electron chi connectivity index (χ1n) is 8.27. The molecule has 0 N–H and O–H groups in total. The molecule has 0 aliphatic heterocycles. The van der Waals surface area contributed by atoms with E-state index in [9.17, 15) is 13.2 Å². The molecule has 6 heteroatoms. The first-order chi connectivity index (χ1) is 12.0. The van der Waals surface area contributed by atoms with Crippen molar-refractivity contribution in [3.63, 3.8) is 0 Å². The highest BCUT2D eigenvalue weighted by molar-refractivity contribution is 7.87. The Hall–Kier alpha value is -2.34. The first kappa shape index (κ1) is 20.0. The molecular formula is C20H24O5S. The molecule has 0 amide bonds. The number of aryl methyl sites for hydroxylation is 1. The van der Waals surface area contributed by atoms with Gasteiger partial charge in [0.2, 0.25) is 0 Å². The maximum Gasteiger partial charge on any atom is 0.339 e. The van der Waals surface area contributed by atoms with E-state index < -0.39 is 16.2 Å². The lowest BCUT2D eigenvalue weighted by atomic mass is 9.84. The lowest BCUT2D eigenvalue weighted by molar-refractivity contribution is -0.152. The maximum absolute atomic E-state index is 12.3. The van der Waals surface area contributed by atoms with Crippen LogP contribution in [0, 0.1) is 12.3 Å². The van der Waals surface area contributed by atoms with Gasteiger partial charge >= 0.3 is 16.1 Å². The van der Waals surface area contributed by atoms with Crippen molar-refractivity contribution in [2.75, 3.05) is 0 Å². The van der Waals surface area contributed by atoms with Gasteiger partial charge in [-0.15, -0.1) is 0 Å². The zero-order valence-corrected chi connectivity index (χ0v) is 16.5. The fourth-order valence-corrected chi connectivity index (χ4v) is 3.42. The molecule has 0 heterocycles. The molecule has 2 aromatic rings. The number of hydrogen-bond acceptors (Lipinski definition) is 5. The summed E-state index contributed by atoms with van der Waals surface area (Å²) in [7, 11) is -3.90. The Morgan fingerprint density at radius 2 is 1.50 bits per heavy atom. The molecule has 0 saturated carbocycles. The largest absolute Gasteiger partial charge is 0.457 e. The monoisotopic (exact) mass is 376 g/mol. The molecular weight excluding hydrogens is 352 g/mol. The van der Waals surface area contributed by atoms with Crippen LogP contribution in [-0.4, -0.2) is 14.4 Å². The molecule has 2 aromatic carbocycles. The van der Waals surface area contributed by atoms with Crippen LogP contribution >= 0.6 is 0 Å². The minimum Gasteiger partial charge on any atom is -0.457 e. The van der Waals surface area contributed by atoms with Crippen molar-refractivity contribution in [1.82, 2.24) is 0 Å². The van der Waals surface area contributed by atoms with Crippen molar-refractivity contribution < 1.29 is 22.1 Å². The van der Waals surface area contributed by atoms with E-state index in [0.29, 0.717) is 0 Å². The Morgan fingerprint density at radius 3 is 1.96 bits per heavy atom. The van der Waals surface area contributed by atoms with E-state index in [0.717, 1.165) is 11.1 Å². The van der Waals surface area contributed by atoms with E-state index in [2.05, 4.69) is 0 Å². The number of carbonyl (C=O) groups is 1. The average molecular weight is 376 g/mol. The van der Waals surface area contributed by atoms with Gasteiger partial charge in [0.05, 0.1) is 0 Å². The Bertz CT molecular complexity index is 860. The third-order valence-electron chi connectivity index (χ3n) is 3.77. The van der Waals surface area contributed by atoms with Crippen LogP contribution in [0.15, 0.2) is 53.4 Å².